The number of carbonyl (C=O) groups excluding carboxylic acids is 1. The number of aliphatic hydroxyl groups excluding tert-OH is 1. The molecule has 1 aromatic rings. The van der Waals surface area contributed by atoms with Gasteiger partial charge in [0.1, 0.15) is 0 Å². The summed E-state index contributed by atoms with van der Waals surface area (Å²) < 4.78 is 0. The molecule has 0 atom stereocenters. The van der Waals surface area contributed by atoms with Crippen molar-refractivity contribution in [1.29, 1.82) is 0 Å². The van der Waals surface area contributed by atoms with E-state index in [4.69, 9.17) is 0 Å². The molecule has 3 N–H and O–H groups in total. The van der Waals surface area contributed by atoms with Crippen LogP contribution in [-0.4, -0.2) is 48.2 Å². The molecule has 7 heteroatoms. The van der Waals surface area contributed by atoms with Crippen LogP contribution >= 0.6 is 24.8 Å². The molecule has 1 aliphatic heterocycles. The van der Waals surface area contributed by atoms with Crippen LogP contribution in [0, 0.1) is 5.92 Å². The lowest BCUT2D eigenvalue weighted by Gasteiger charge is -2.29. The van der Waals surface area contributed by atoms with Crippen molar-refractivity contribution in [2.24, 2.45) is 5.92 Å². The Morgan fingerprint density at radius 2 is 1.65 bits per heavy atom. The first-order chi connectivity index (χ1) is 11.7. The topological polar surface area (TPSA) is 64.6 Å². The highest BCUT2D eigenvalue weighted by atomic mass is 35.5. The highest BCUT2D eigenvalue weighted by molar-refractivity contribution is 5.85. The van der Waals surface area contributed by atoms with Gasteiger partial charge in [-0.1, -0.05) is 24.3 Å². The fourth-order valence-corrected chi connectivity index (χ4v) is 3.07. The number of benzene rings is 1. The number of halogens is 2. The fourth-order valence-electron chi connectivity index (χ4n) is 3.07. The second-order valence-electron chi connectivity index (χ2n) is 7.17. The summed E-state index contributed by atoms with van der Waals surface area (Å²) in [5.41, 5.74) is 2.41. The summed E-state index contributed by atoms with van der Waals surface area (Å²) in [5, 5.41) is 15.7. The molecule has 0 unspecified atom stereocenters. The SMILES string of the molecule is Cl.Cl.O=C(CNCC1CC1)NCc1ccc(CN2CCC(O)CC2)cc1. The van der Waals surface area contributed by atoms with E-state index in [1.165, 1.54) is 18.4 Å². The molecule has 26 heavy (non-hydrogen) atoms. The number of amides is 1. The summed E-state index contributed by atoms with van der Waals surface area (Å²) in [6, 6.07) is 8.45. The van der Waals surface area contributed by atoms with E-state index in [1.807, 2.05) is 0 Å². The van der Waals surface area contributed by atoms with Crippen molar-refractivity contribution in [2.45, 2.75) is 44.9 Å². The highest BCUT2D eigenvalue weighted by Gasteiger charge is 2.20. The lowest BCUT2D eigenvalue weighted by Crippen LogP contribution is -2.35. The van der Waals surface area contributed by atoms with E-state index in [1.54, 1.807) is 0 Å². The van der Waals surface area contributed by atoms with Crippen molar-refractivity contribution in [1.82, 2.24) is 15.5 Å². The largest absolute Gasteiger partial charge is 0.393 e. The maximum absolute atomic E-state index is 11.8. The number of nitrogens with zero attached hydrogens (tertiary/aromatic N) is 1. The average Bonchev–Trinajstić information content (AvgIpc) is 3.41. The summed E-state index contributed by atoms with van der Waals surface area (Å²) >= 11 is 0. The zero-order valence-electron chi connectivity index (χ0n) is 15.2. The predicted molar refractivity (Wildman–Crippen MR) is 109 cm³/mol. The van der Waals surface area contributed by atoms with E-state index in [-0.39, 0.29) is 36.8 Å². The van der Waals surface area contributed by atoms with Crippen LogP contribution in [0.2, 0.25) is 0 Å². The third-order valence-corrected chi connectivity index (χ3v) is 4.89. The molecule has 2 aliphatic rings. The van der Waals surface area contributed by atoms with Crippen LogP contribution in [0.15, 0.2) is 24.3 Å². The summed E-state index contributed by atoms with van der Waals surface area (Å²) in [5.74, 6) is 0.861. The molecule has 0 aromatic heterocycles. The molecule has 1 aliphatic carbocycles. The number of piperidine rings is 1. The third kappa shape index (κ3) is 8.23. The van der Waals surface area contributed by atoms with Crippen LogP contribution in [0.4, 0.5) is 0 Å². The van der Waals surface area contributed by atoms with Crippen LogP contribution in [0.5, 0.6) is 0 Å². The van der Waals surface area contributed by atoms with Gasteiger partial charge >= 0.3 is 0 Å². The van der Waals surface area contributed by atoms with Gasteiger partial charge in [0.05, 0.1) is 12.6 Å². The first-order valence-corrected chi connectivity index (χ1v) is 9.14. The number of carbonyl (C=O) groups is 1. The van der Waals surface area contributed by atoms with E-state index in [9.17, 15) is 9.90 Å². The van der Waals surface area contributed by atoms with E-state index >= 15 is 0 Å². The monoisotopic (exact) mass is 403 g/mol. The molecule has 148 valence electrons. The molecule has 2 fully saturated rings. The lowest BCUT2D eigenvalue weighted by atomic mass is 10.1. The van der Waals surface area contributed by atoms with Gasteiger partial charge in [-0.05, 0) is 49.3 Å². The Morgan fingerprint density at radius 3 is 2.27 bits per heavy atom. The fraction of sp³-hybridized carbons (Fsp3) is 0.632. The Balaban J connectivity index is 0.00000169. The second-order valence-corrected chi connectivity index (χ2v) is 7.17. The molecule has 0 bridgehead atoms. The minimum atomic E-state index is -0.119. The van der Waals surface area contributed by atoms with Crippen molar-refractivity contribution in [2.75, 3.05) is 26.2 Å². The van der Waals surface area contributed by atoms with Gasteiger partial charge in [-0.2, -0.15) is 0 Å². The number of hydrogen-bond acceptors (Lipinski definition) is 4. The number of rotatable bonds is 8. The van der Waals surface area contributed by atoms with E-state index in [2.05, 4.69) is 39.8 Å². The molecule has 5 nitrogen and oxygen atoms in total. The Kier molecular flexibility index (Phi) is 10.5. The molecule has 1 heterocycles. The molecular weight excluding hydrogens is 373 g/mol. The number of likely N-dealkylation sites (tertiary alicyclic amines) is 1. The van der Waals surface area contributed by atoms with Crippen molar-refractivity contribution in [3.05, 3.63) is 35.4 Å². The Morgan fingerprint density at radius 1 is 1.04 bits per heavy atom. The average molecular weight is 404 g/mol. The minimum Gasteiger partial charge on any atom is -0.393 e. The van der Waals surface area contributed by atoms with Gasteiger partial charge in [-0.15, -0.1) is 24.8 Å². The van der Waals surface area contributed by atoms with Crippen molar-refractivity contribution in [3.8, 4) is 0 Å². The van der Waals surface area contributed by atoms with Crippen LogP contribution < -0.4 is 10.6 Å². The third-order valence-electron chi connectivity index (χ3n) is 4.89. The van der Waals surface area contributed by atoms with Crippen LogP contribution in [0.3, 0.4) is 0 Å². The van der Waals surface area contributed by atoms with Crippen LogP contribution in [0.1, 0.15) is 36.8 Å². The maximum Gasteiger partial charge on any atom is 0.234 e. The van der Waals surface area contributed by atoms with Gasteiger partial charge in [-0.25, -0.2) is 0 Å². The van der Waals surface area contributed by atoms with Crippen molar-refractivity contribution in [3.63, 3.8) is 0 Å². The molecule has 1 amide bonds. The molecule has 1 aromatic carbocycles. The molecule has 1 saturated carbocycles. The second kappa shape index (κ2) is 11.8. The van der Waals surface area contributed by atoms with Gasteiger partial charge in [0.2, 0.25) is 5.91 Å². The number of nitrogens with one attached hydrogen (secondary N) is 2. The van der Waals surface area contributed by atoms with Crippen LogP contribution in [0.25, 0.3) is 0 Å². The predicted octanol–water partition coefficient (Wildman–Crippen LogP) is 2.10. The summed E-state index contributed by atoms with van der Waals surface area (Å²) in [4.78, 5) is 14.2. The maximum atomic E-state index is 11.8. The molecular formula is C19H31Cl2N3O2. The summed E-state index contributed by atoms with van der Waals surface area (Å²) in [7, 11) is 0. The van der Waals surface area contributed by atoms with E-state index in [0.29, 0.717) is 13.1 Å². The summed E-state index contributed by atoms with van der Waals surface area (Å²) in [6.45, 7) is 4.83. The van der Waals surface area contributed by atoms with E-state index < -0.39 is 0 Å². The van der Waals surface area contributed by atoms with Gasteiger partial charge in [0.15, 0.2) is 0 Å². The first-order valence-electron chi connectivity index (χ1n) is 9.14. The zero-order valence-corrected chi connectivity index (χ0v) is 16.8. The zero-order chi connectivity index (χ0) is 16.8. The molecule has 1 saturated heterocycles. The highest BCUT2D eigenvalue weighted by Crippen LogP contribution is 2.27. The van der Waals surface area contributed by atoms with Crippen LogP contribution in [-0.2, 0) is 17.9 Å². The first kappa shape index (κ1) is 23.2. The van der Waals surface area contributed by atoms with Gasteiger partial charge in [0.25, 0.3) is 0 Å². The standard InChI is InChI=1S/C19H29N3O2.2ClH/c23-18-7-9-22(10-8-18)14-17-5-3-16(4-6-17)12-21-19(24)13-20-11-15-1-2-15;;/h3-6,15,18,20,23H,1-2,7-14H2,(H,21,24);2*1H. The Bertz CT molecular complexity index is 530. The molecule has 3 rings (SSSR count). The van der Waals surface area contributed by atoms with Gasteiger partial charge in [-0.3, -0.25) is 9.69 Å². The normalized spacial score (nSPS) is 17.9. The Labute approximate surface area is 168 Å². The molecule has 0 radical (unpaired) electrons. The van der Waals surface area contributed by atoms with Crippen molar-refractivity contribution >= 4 is 30.7 Å². The number of hydrogen-bond donors (Lipinski definition) is 3. The smallest absolute Gasteiger partial charge is 0.234 e. The molecule has 0 spiro atoms. The minimum absolute atomic E-state index is 0. The van der Waals surface area contributed by atoms with Gasteiger partial charge < -0.3 is 15.7 Å². The van der Waals surface area contributed by atoms with Gasteiger partial charge in [0, 0.05) is 26.2 Å². The lowest BCUT2D eigenvalue weighted by molar-refractivity contribution is -0.120. The van der Waals surface area contributed by atoms with Crippen molar-refractivity contribution < 1.29 is 9.90 Å². The number of aliphatic hydroxyl groups is 1. The quantitative estimate of drug-likeness (QED) is 0.621. The summed E-state index contributed by atoms with van der Waals surface area (Å²) in [6.07, 6.45) is 4.24. The Hall–Kier alpha value is -0.850. The van der Waals surface area contributed by atoms with E-state index in [0.717, 1.165) is 50.5 Å².